The van der Waals surface area contributed by atoms with Crippen LogP contribution in [0.1, 0.15) is 11.5 Å². The minimum atomic E-state index is 0.0786. The molecule has 1 saturated heterocycles. The molecular formula is C17H20N6O2. The molecule has 1 aliphatic rings. The molecule has 1 aromatic carbocycles. The third-order valence-corrected chi connectivity index (χ3v) is 4.20. The van der Waals surface area contributed by atoms with Gasteiger partial charge in [-0.2, -0.15) is 5.10 Å². The number of rotatable bonds is 5. The number of nitrogens with zero attached hydrogens (tertiary/aromatic N) is 6. The molecule has 1 aliphatic heterocycles. The molecule has 3 aromatic rings. The summed E-state index contributed by atoms with van der Waals surface area (Å²) in [5.41, 5.74) is 2.14. The zero-order chi connectivity index (χ0) is 17.1. The van der Waals surface area contributed by atoms with E-state index in [-0.39, 0.29) is 6.10 Å². The van der Waals surface area contributed by atoms with Crippen LogP contribution in [0.4, 0.5) is 0 Å². The number of hydrogen-bond acceptors (Lipinski definition) is 7. The summed E-state index contributed by atoms with van der Waals surface area (Å²) in [6.45, 7) is 5.68. The van der Waals surface area contributed by atoms with Gasteiger partial charge in [0.15, 0.2) is 0 Å². The lowest BCUT2D eigenvalue weighted by Gasteiger charge is -2.31. The molecule has 8 nitrogen and oxygen atoms in total. The Labute approximate surface area is 145 Å². The van der Waals surface area contributed by atoms with Gasteiger partial charge < -0.3 is 9.15 Å². The highest BCUT2D eigenvalue weighted by Gasteiger charge is 2.23. The molecule has 25 heavy (non-hydrogen) atoms. The molecule has 3 heterocycles. The molecule has 1 atom stereocenters. The first-order valence-electron chi connectivity index (χ1n) is 8.32. The van der Waals surface area contributed by atoms with Crippen LogP contribution >= 0.6 is 0 Å². The summed E-state index contributed by atoms with van der Waals surface area (Å²) in [4.78, 5) is 6.22. The molecule has 0 saturated carbocycles. The van der Waals surface area contributed by atoms with Crippen LogP contribution in [0.3, 0.4) is 0 Å². The van der Waals surface area contributed by atoms with Crippen molar-refractivity contribution in [3.05, 3.63) is 48.4 Å². The number of morpholine rings is 1. The van der Waals surface area contributed by atoms with E-state index in [0.29, 0.717) is 31.5 Å². The average Bonchev–Trinajstić information content (AvgIpc) is 3.28. The molecule has 0 radical (unpaired) electrons. The van der Waals surface area contributed by atoms with Gasteiger partial charge in [0.2, 0.25) is 11.8 Å². The van der Waals surface area contributed by atoms with Gasteiger partial charge in [-0.05, 0) is 19.1 Å². The van der Waals surface area contributed by atoms with Crippen LogP contribution in [-0.2, 0) is 17.8 Å². The molecule has 0 unspecified atom stereocenters. The van der Waals surface area contributed by atoms with Crippen molar-refractivity contribution in [3.8, 4) is 11.5 Å². The van der Waals surface area contributed by atoms with Crippen molar-refractivity contribution in [2.75, 3.05) is 19.7 Å². The van der Waals surface area contributed by atoms with Crippen LogP contribution < -0.4 is 0 Å². The Kier molecular flexibility index (Phi) is 4.53. The van der Waals surface area contributed by atoms with E-state index in [1.165, 1.54) is 11.9 Å². The maximum atomic E-state index is 5.82. The number of aryl methyl sites for hydroxylation is 1. The summed E-state index contributed by atoms with van der Waals surface area (Å²) < 4.78 is 13.4. The van der Waals surface area contributed by atoms with E-state index in [1.807, 2.05) is 24.3 Å². The first-order valence-corrected chi connectivity index (χ1v) is 8.32. The maximum absolute atomic E-state index is 5.82. The van der Waals surface area contributed by atoms with Gasteiger partial charge in [0.25, 0.3) is 0 Å². The van der Waals surface area contributed by atoms with Crippen molar-refractivity contribution in [2.45, 2.75) is 26.1 Å². The quantitative estimate of drug-likeness (QED) is 0.697. The van der Waals surface area contributed by atoms with Crippen molar-refractivity contribution in [2.24, 2.45) is 0 Å². The van der Waals surface area contributed by atoms with E-state index in [0.717, 1.165) is 18.7 Å². The van der Waals surface area contributed by atoms with Crippen LogP contribution in [0.15, 0.2) is 41.3 Å². The van der Waals surface area contributed by atoms with Gasteiger partial charge in [-0.25, -0.2) is 4.98 Å². The number of benzene rings is 1. The van der Waals surface area contributed by atoms with Crippen molar-refractivity contribution < 1.29 is 9.15 Å². The van der Waals surface area contributed by atoms with Gasteiger partial charge in [-0.15, -0.1) is 10.2 Å². The summed E-state index contributed by atoms with van der Waals surface area (Å²) in [7, 11) is 0. The minimum absolute atomic E-state index is 0.0786. The highest BCUT2D eigenvalue weighted by atomic mass is 16.5. The first kappa shape index (κ1) is 15.9. The van der Waals surface area contributed by atoms with E-state index >= 15 is 0 Å². The van der Waals surface area contributed by atoms with Crippen molar-refractivity contribution in [1.29, 1.82) is 0 Å². The first-order chi connectivity index (χ1) is 12.3. The fourth-order valence-electron chi connectivity index (χ4n) is 2.89. The molecule has 0 spiro atoms. The highest BCUT2D eigenvalue weighted by molar-refractivity contribution is 5.52. The molecular weight excluding hydrogens is 320 g/mol. The second-order valence-corrected chi connectivity index (χ2v) is 6.21. The molecule has 0 N–H and O–H groups in total. The van der Waals surface area contributed by atoms with Gasteiger partial charge in [-0.3, -0.25) is 9.58 Å². The van der Waals surface area contributed by atoms with E-state index in [2.05, 4.69) is 32.1 Å². The van der Waals surface area contributed by atoms with Crippen LogP contribution in [0.25, 0.3) is 11.5 Å². The summed E-state index contributed by atoms with van der Waals surface area (Å²) in [6, 6.07) is 8.07. The van der Waals surface area contributed by atoms with Gasteiger partial charge in [0, 0.05) is 18.7 Å². The van der Waals surface area contributed by atoms with E-state index in [1.54, 1.807) is 11.0 Å². The van der Waals surface area contributed by atoms with Crippen molar-refractivity contribution >= 4 is 0 Å². The van der Waals surface area contributed by atoms with Crippen LogP contribution in [-0.4, -0.2) is 55.7 Å². The van der Waals surface area contributed by atoms with E-state index < -0.39 is 0 Å². The van der Waals surface area contributed by atoms with Crippen LogP contribution in [0.5, 0.6) is 0 Å². The zero-order valence-electron chi connectivity index (χ0n) is 14.1. The standard InChI is InChI=1S/C17H20N6O2/c1-13-2-4-14(5-3-13)17-21-20-16(25-17)10-22-6-7-24-15(8-22)9-23-12-18-11-19-23/h2-5,11-12,15H,6-10H2,1H3/t15-/m0/s1. The Morgan fingerprint density at radius 2 is 2.08 bits per heavy atom. The molecule has 2 aromatic heterocycles. The number of ether oxygens (including phenoxy) is 1. The third-order valence-electron chi connectivity index (χ3n) is 4.20. The molecule has 8 heteroatoms. The average molecular weight is 340 g/mol. The summed E-state index contributed by atoms with van der Waals surface area (Å²) in [5.74, 6) is 1.18. The number of aromatic nitrogens is 5. The lowest BCUT2D eigenvalue weighted by molar-refractivity contribution is -0.0422. The zero-order valence-corrected chi connectivity index (χ0v) is 14.1. The van der Waals surface area contributed by atoms with Gasteiger partial charge in [0.05, 0.1) is 25.8 Å². The Morgan fingerprint density at radius 1 is 1.20 bits per heavy atom. The molecule has 1 fully saturated rings. The monoisotopic (exact) mass is 340 g/mol. The normalized spacial score (nSPS) is 18.5. The van der Waals surface area contributed by atoms with Gasteiger partial charge in [-0.1, -0.05) is 17.7 Å². The summed E-state index contributed by atoms with van der Waals surface area (Å²) in [5, 5.41) is 12.5. The largest absolute Gasteiger partial charge is 0.419 e. The Morgan fingerprint density at radius 3 is 2.88 bits per heavy atom. The molecule has 130 valence electrons. The van der Waals surface area contributed by atoms with Crippen molar-refractivity contribution in [3.63, 3.8) is 0 Å². The fraction of sp³-hybridized carbons (Fsp3) is 0.412. The maximum Gasteiger partial charge on any atom is 0.247 e. The third kappa shape index (κ3) is 3.92. The molecule has 0 amide bonds. The molecule has 4 rings (SSSR count). The predicted molar refractivity (Wildman–Crippen MR) is 89.5 cm³/mol. The Bertz CT molecular complexity index is 799. The predicted octanol–water partition coefficient (Wildman–Crippen LogP) is 1.54. The lowest BCUT2D eigenvalue weighted by Crippen LogP contribution is -2.43. The SMILES string of the molecule is Cc1ccc(-c2nnc(CN3CCO[C@H](Cn4cncn4)C3)o2)cc1. The topological polar surface area (TPSA) is 82.1 Å². The highest BCUT2D eigenvalue weighted by Crippen LogP contribution is 2.19. The van der Waals surface area contributed by atoms with Crippen LogP contribution in [0, 0.1) is 6.92 Å². The second kappa shape index (κ2) is 7.12. The lowest BCUT2D eigenvalue weighted by atomic mass is 10.1. The van der Waals surface area contributed by atoms with E-state index in [9.17, 15) is 0 Å². The smallest absolute Gasteiger partial charge is 0.247 e. The summed E-state index contributed by atoms with van der Waals surface area (Å²) >= 11 is 0. The van der Waals surface area contributed by atoms with Crippen molar-refractivity contribution in [1.82, 2.24) is 29.9 Å². The minimum Gasteiger partial charge on any atom is -0.419 e. The van der Waals surface area contributed by atoms with Crippen LogP contribution in [0.2, 0.25) is 0 Å². The van der Waals surface area contributed by atoms with Gasteiger partial charge in [0.1, 0.15) is 12.7 Å². The second-order valence-electron chi connectivity index (χ2n) is 6.21. The molecule has 0 bridgehead atoms. The van der Waals surface area contributed by atoms with Gasteiger partial charge >= 0.3 is 0 Å². The molecule has 0 aliphatic carbocycles. The van der Waals surface area contributed by atoms with E-state index in [4.69, 9.17) is 9.15 Å². The fourth-order valence-corrected chi connectivity index (χ4v) is 2.89. The Balaban J connectivity index is 1.37. The summed E-state index contributed by atoms with van der Waals surface area (Å²) in [6.07, 6.45) is 3.31. The number of hydrogen-bond donors (Lipinski definition) is 0. The Hall–Kier alpha value is -2.58.